The van der Waals surface area contributed by atoms with E-state index in [2.05, 4.69) is 4.52 Å². The summed E-state index contributed by atoms with van der Waals surface area (Å²) in [4.78, 5) is 0. The van der Waals surface area contributed by atoms with Crippen LogP contribution in [-0.2, 0) is 18.1 Å². The van der Waals surface area contributed by atoms with Crippen LogP contribution in [0.3, 0.4) is 0 Å². The minimum atomic E-state index is -3.61. The first-order valence-electron chi connectivity index (χ1n) is 3.63. The Morgan fingerprint density at radius 3 is 2.77 bits per heavy atom. The highest BCUT2D eigenvalue weighted by atomic mass is 31.2. The highest BCUT2D eigenvalue weighted by Gasteiger charge is 2.85. The fourth-order valence-corrected chi connectivity index (χ4v) is 3.65. The van der Waals surface area contributed by atoms with Gasteiger partial charge >= 0.3 is 13.5 Å². The molecule has 13 heavy (non-hydrogen) atoms. The maximum Gasteiger partial charge on any atom is 0.483 e. The average Bonchev–Trinajstić information content (AvgIpc) is 2.52. The molecule has 0 saturated carbocycles. The first-order chi connectivity index (χ1) is 6.06. The minimum absolute atomic E-state index is 0.0342. The third-order valence-electron chi connectivity index (χ3n) is 2.41. The Morgan fingerprint density at radius 1 is 1.54 bits per heavy atom. The molecule has 70 valence electrons. The number of halogens is 1. The lowest BCUT2D eigenvalue weighted by Crippen LogP contribution is -2.53. The van der Waals surface area contributed by atoms with Gasteiger partial charge in [-0.2, -0.15) is 5.26 Å². The van der Waals surface area contributed by atoms with Crippen LogP contribution >= 0.6 is 7.82 Å². The van der Waals surface area contributed by atoms with Gasteiger partial charge in [-0.25, -0.2) is 18.1 Å². The summed E-state index contributed by atoms with van der Waals surface area (Å²) in [7, 11) is -3.61. The van der Waals surface area contributed by atoms with Crippen LogP contribution in [0.15, 0.2) is 0 Å². The second-order valence-corrected chi connectivity index (χ2v) is 4.51. The summed E-state index contributed by atoms with van der Waals surface area (Å²) in [5, 5.41) is 8.93. The van der Waals surface area contributed by atoms with E-state index in [4.69, 9.17) is 14.3 Å². The molecule has 1 atom stereocenters. The van der Waals surface area contributed by atoms with E-state index in [0.29, 0.717) is 0 Å². The summed E-state index contributed by atoms with van der Waals surface area (Å²) < 4.78 is 38.7. The number of hydrogen-bond donors (Lipinski definition) is 0. The highest BCUT2D eigenvalue weighted by Crippen LogP contribution is 2.80. The predicted octanol–water partition coefficient (Wildman–Crippen LogP) is 0.678. The number of hydrogen-bond acceptors (Lipinski definition) is 6. The molecule has 4 rings (SSSR count). The molecule has 0 N–H and O–H groups in total. The number of rotatable bonds is 0. The second kappa shape index (κ2) is 1.80. The predicted molar refractivity (Wildman–Crippen MR) is 34.4 cm³/mol. The molecule has 1 unspecified atom stereocenters. The molecule has 4 fully saturated rings. The Kier molecular flexibility index (Phi) is 1.09. The molecule has 1 spiro atoms. The van der Waals surface area contributed by atoms with Gasteiger partial charge in [-0.3, -0.25) is 0 Å². The van der Waals surface area contributed by atoms with Gasteiger partial charge in [0.2, 0.25) is 0 Å². The van der Waals surface area contributed by atoms with Gasteiger partial charge in [-0.1, -0.05) is 5.12 Å². The standard InChI is InChI=1S/C5H4FN2O4P/c6-8-2-1-5-4(8,3-7)10-13(9,11-5)12-5/h1-2H2. The molecule has 0 aromatic heterocycles. The Bertz CT molecular complexity index is 371. The Labute approximate surface area is 72.3 Å². The second-order valence-electron chi connectivity index (χ2n) is 3.07. The molecule has 4 aliphatic heterocycles. The Balaban J connectivity index is 2.16. The smallest absolute Gasteiger partial charge is 0.247 e. The van der Waals surface area contributed by atoms with Crippen LogP contribution in [0.1, 0.15) is 6.42 Å². The van der Waals surface area contributed by atoms with E-state index >= 15 is 0 Å². The van der Waals surface area contributed by atoms with Crippen LogP contribution in [0.2, 0.25) is 0 Å². The first kappa shape index (κ1) is 7.85. The molecule has 0 amide bonds. The Hall–Kier alpha value is -0.510. The average molecular weight is 206 g/mol. The molecule has 4 aliphatic rings. The van der Waals surface area contributed by atoms with Crippen molar-refractivity contribution in [1.82, 2.24) is 5.12 Å². The summed E-state index contributed by atoms with van der Waals surface area (Å²) in [6, 6.07) is 1.60. The lowest BCUT2D eigenvalue weighted by atomic mass is 10.1. The third kappa shape index (κ3) is 0.601. The van der Waals surface area contributed by atoms with Crippen molar-refractivity contribution in [2.45, 2.75) is 17.9 Å². The van der Waals surface area contributed by atoms with Crippen molar-refractivity contribution in [3.8, 4) is 6.07 Å². The van der Waals surface area contributed by atoms with E-state index in [9.17, 15) is 9.05 Å². The van der Waals surface area contributed by atoms with Gasteiger partial charge in [0.05, 0.1) is 0 Å². The lowest BCUT2D eigenvalue weighted by Gasteiger charge is -2.33. The molecule has 0 radical (unpaired) electrons. The molecule has 0 aromatic carbocycles. The summed E-state index contributed by atoms with van der Waals surface area (Å²) in [6.45, 7) is -0.0342. The van der Waals surface area contributed by atoms with E-state index in [1.807, 2.05) is 0 Å². The van der Waals surface area contributed by atoms with Crippen molar-refractivity contribution >= 4 is 7.82 Å². The molecular weight excluding hydrogens is 202 g/mol. The molecule has 8 heteroatoms. The zero-order valence-electron chi connectivity index (χ0n) is 6.27. The monoisotopic (exact) mass is 206 g/mol. The fraction of sp³-hybridized carbons (Fsp3) is 0.800. The maximum absolute atomic E-state index is 13.2. The molecule has 0 aliphatic carbocycles. The number of phosphoric acid groups is 1. The van der Waals surface area contributed by atoms with Crippen LogP contribution < -0.4 is 0 Å². The van der Waals surface area contributed by atoms with Gasteiger partial charge in [0, 0.05) is 13.0 Å². The summed E-state index contributed by atoms with van der Waals surface area (Å²) >= 11 is 0. The van der Waals surface area contributed by atoms with Gasteiger partial charge in [0.25, 0.3) is 5.79 Å². The lowest BCUT2D eigenvalue weighted by molar-refractivity contribution is -0.226. The van der Waals surface area contributed by atoms with Crippen molar-refractivity contribution in [2.24, 2.45) is 0 Å². The van der Waals surface area contributed by atoms with Gasteiger partial charge in [-0.15, -0.1) is 4.48 Å². The van der Waals surface area contributed by atoms with Gasteiger partial charge in [-0.05, 0) is 0 Å². The third-order valence-corrected chi connectivity index (χ3v) is 3.93. The van der Waals surface area contributed by atoms with E-state index in [-0.39, 0.29) is 18.1 Å². The molecule has 0 aromatic rings. The van der Waals surface area contributed by atoms with Crippen molar-refractivity contribution in [3.05, 3.63) is 0 Å². The maximum atomic E-state index is 13.2. The normalized spacial score (nSPS) is 58.5. The van der Waals surface area contributed by atoms with Crippen molar-refractivity contribution in [1.29, 1.82) is 5.26 Å². The molecule has 2 bridgehead atoms. The van der Waals surface area contributed by atoms with Crippen LogP contribution in [-0.4, -0.2) is 23.2 Å². The minimum Gasteiger partial charge on any atom is -0.247 e. The summed E-state index contributed by atoms with van der Waals surface area (Å²) in [5.74, 6) is -1.47. The topological polar surface area (TPSA) is 71.8 Å². The molecular formula is C5H4FN2O4P. The number of nitriles is 1. The SMILES string of the molecule is N#CC12OP3(=O)OC1(CCN2F)O3. The van der Waals surface area contributed by atoms with Crippen molar-refractivity contribution in [2.75, 3.05) is 6.54 Å². The first-order valence-corrected chi connectivity index (χ1v) is 5.09. The van der Waals surface area contributed by atoms with Crippen molar-refractivity contribution in [3.63, 3.8) is 0 Å². The zero-order chi connectivity index (χ0) is 9.32. The Morgan fingerprint density at radius 2 is 2.23 bits per heavy atom. The van der Waals surface area contributed by atoms with E-state index in [1.54, 1.807) is 6.07 Å². The van der Waals surface area contributed by atoms with Crippen molar-refractivity contribution < 1.29 is 22.6 Å². The van der Waals surface area contributed by atoms with Gasteiger partial charge in [0.15, 0.2) is 0 Å². The highest BCUT2D eigenvalue weighted by molar-refractivity contribution is 7.50. The molecule has 6 nitrogen and oxygen atoms in total. The molecule has 4 heterocycles. The number of nitrogens with zero attached hydrogens (tertiary/aromatic N) is 2. The van der Waals surface area contributed by atoms with Crippen LogP contribution in [0.4, 0.5) is 4.48 Å². The largest absolute Gasteiger partial charge is 0.483 e. The van der Waals surface area contributed by atoms with Crippen LogP contribution in [0.25, 0.3) is 0 Å². The quantitative estimate of drug-likeness (QED) is 0.428. The van der Waals surface area contributed by atoms with Crippen LogP contribution in [0.5, 0.6) is 0 Å². The van der Waals surface area contributed by atoms with E-state index in [1.165, 1.54) is 0 Å². The van der Waals surface area contributed by atoms with Crippen LogP contribution in [0, 0.1) is 11.3 Å². The van der Waals surface area contributed by atoms with E-state index in [0.717, 1.165) is 0 Å². The summed E-state index contributed by atoms with van der Waals surface area (Å²) in [6.07, 6.45) is 0.140. The molecule has 4 saturated heterocycles. The summed E-state index contributed by atoms with van der Waals surface area (Å²) in [5.41, 5.74) is -1.96. The van der Waals surface area contributed by atoms with Gasteiger partial charge < -0.3 is 0 Å². The van der Waals surface area contributed by atoms with Gasteiger partial charge in [0.1, 0.15) is 6.07 Å². The fourth-order valence-electron chi connectivity index (χ4n) is 1.81. The number of phosphoric ester groups is 1. The zero-order valence-corrected chi connectivity index (χ0v) is 7.16. The van der Waals surface area contributed by atoms with E-state index < -0.39 is 19.3 Å².